The second-order valence-electron chi connectivity index (χ2n) is 8.29. The molecule has 0 bridgehead atoms. The molecule has 1 aromatic rings. The first-order valence-electron chi connectivity index (χ1n) is 9.47. The number of hydrogen-bond acceptors (Lipinski definition) is 6. The number of aromatic nitrogens is 2. The minimum Gasteiger partial charge on any atom is -0.399 e. The van der Waals surface area contributed by atoms with Crippen molar-refractivity contribution in [1.82, 2.24) is 14.9 Å². The highest BCUT2D eigenvalue weighted by Crippen LogP contribution is 2.36. The number of likely N-dealkylation sites (tertiary alicyclic amines) is 1. The first-order valence-corrected chi connectivity index (χ1v) is 10.0. The number of rotatable bonds is 5. The van der Waals surface area contributed by atoms with Crippen LogP contribution in [0.3, 0.4) is 0 Å². The maximum atomic E-state index is 11.8. The SMILES string of the molecule is CC1(C)OB(c2cnc(NC[C@H]3CCCN(C(=O)CCl)C3)nc2)OC1(C)C. The monoisotopic (exact) mass is 394 g/mol. The lowest BCUT2D eigenvalue weighted by molar-refractivity contribution is -0.130. The molecule has 0 unspecified atom stereocenters. The van der Waals surface area contributed by atoms with E-state index in [9.17, 15) is 4.79 Å². The summed E-state index contributed by atoms with van der Waals surface area (Å²) in [6, 6.07) is 0. The van der Waals surface area contributed by atoms with Gasteiger partial charge in [-0.05, 0) is 46.5 Å². The van der Waals surface area contributed by atoms with E-state index < -0.39 is 7.12 Å². The van der Waals surface area contributed by atoms with Crippen molar-refractivity contribution in [3.05, 3.63) is 12.4 Å². The van der Waals surface area contributed by atoms with E-state index in [1.807, 2.05) is 32.6 Å². The van der Waals surface area contributed by atoms with E-state index in [0.717, 1.165) is 37.9 Å². The van der Waals surface area contributed by atoms with E-state index in [1.54, 1.807) is 12.4 Å². The molecule has 9 heteroatoms. The van der Waals surface area contributed by atoms with Crippen LogP contribution in [-0.2, 0) is 14.1 Å². The van der Waals surface area contributed by atoms with Crippen LogP contribution >= 0.6 is 11.6 Å². The quantitative estimate of drug-likeness (QED) is 0.605. The lowest BCUT2D eigenvalue weighted by Gasteiger charge is -2.32. The minimum absolute atomic E-state index is 0.00406. The Kier molecular flexibility index (Phi) is 5.98. The number of anilines is 1. The molecule has 2 fully saturated rings. The summed E-state index contributed by atoms with van der Waals surface area (Å²) >= 11 is 5.66. The first-order chi connectivity index (χ1) is 12.7. The molecule has 1 N–H and O–H groups in total. The Morgan fingerprint density at radius 2 is 1.93 bits per heavy atom. The summed E-state index contributed by atoms with van der Waals surface area (Å²) in [6.45, 7) is 10.3. The lowest BCUT2D eigenvalue weighted by Crippen LogP contribution is -2.42. The summed E-state index contributed by atoms with van der Waals surface area (Å²) in [4.78, 5) is 22.4. The van der Waals surface area contributed by atoms with Crippen molar-refractivity contribution in [1.29, 1.82) is 0 Å². The summed E-state index contributed by atoms with van der Waals surface area (Å²) in [5, 5.41) is 3.27. The smallest absolute Gasteiger partial charge is 0.399 e. The fourth-order valence-electron chi connectivity index (χ4n) is 3.31. The topological polar surface area (TPSA) is 76.6 Å². The Bertz CT molecular complexity index is 655. The molecule has 3 heterocycles. The van der Waals surface area contributed by atoms with Gasteiger partial charge < -0.3 is 19.5 Å². The van der Waals surface area contributed by atoms with Gasteiger partial charge in [-0.2, -0.15) is 0 Å². The third-order valence-electron chi connectivity index (χ3n) is 5.73. The van der Waals surface area contributed by atoms with E-state index in [4.69, 9.17) is 20.9 Å². The van der Waals surface area contributed by atoms with Gasteiger partial charge in [0.05, 0.1) is 11.2 Å². The summed E-state index contributed by atoms with van der Waals surface area (Å²) < 4.78 is 12.0. The van der Waals surface area contributed by atoms with Crippen molar-refractivity contribution in [2.45, 2.75) is 51.7 Å². The van der Waals surface area contributed by atoms with E-state index in [-0.39, 0.29) is 23.0 Å². The van der Waals surface area contributed by atoms with Crippen LogP contribution in [0.2, 0.25) is 0 Å². The molecule has 148 valence electrons. The average molecular weight is 395 g/mol. The van der Waals surface area contributed by atoms with Gasteiger partial charge >= 0.3 is 7.12 Å². The van der Waals surface area contributed by atoms with Gasteiger partial charge in [-0.15, -0.1) is 11.6 Å². The van der Waals surface area contributed by atoms with Crippen molar-refractivity contribution in [2.24, 2.45) is 5.92 Å². The Balaban J connectivity index is 1.53. The van der Waals surface area contributed by atoms with Crippen molar-refractivity contribution in [3.8, 4) is 0 Å². The van der Waals surface area contributed by atoms with Gasteiger partial charge in [0.2, 0.25) is 11.9 Å². The number of carbonyl (C=O) groups is 1. The van der Waals surface area contributed by atoms with Crippen LogP contribution in [0.4, 0.5) is 5.95 Å². The number of halogens is 1. The van der Waals surface area contributed by atoms with E-state index in [2.05, 4.69) is 15.3 Å². The zero-order valence-corrected chi connectivity index (χ0v) is 17.3. The summed E-state index contributed by atoms with van der Waals surface area (Å²) in [5.41, 5.74) is 0.0276. The first kappa shape index (κ1) is 20.4. The maximum absolute atomic E-state index is 11.8. The molecule has 1 aromatic heterocycles. The van der Waals surface area contributed by atoms with Crippen LogP contribution in [0.15, 0.2) is 12.4 Å². The Hall–Kier alpha value is -1.38. The number of piperidine rings is 1. The number of alkyl halides is 1. The zero-order valence-electron chi connectivity index (χ0n) is 16.5. The number of carbonyl (C=O) groups excluding carboxylic acids is 1. The van der Waals surface area contributed by atoms with Gasteiger partial charge in [-0.3, -0.25) is 4.79 Å². The molecule has 2 saturated heterocycles. The highest BCUT2D eigenvalue weighted by molar-refractivity contribution is 6.61. The van der Waals surface area contributed by atoms with Crippen LogP contribution in [-0.4, -0.2) is 64.6 Å². The van der Waals surface area contributed by atoms with Crippen LogP contribution in [0, 0.1) is 5.92 Å². The number of nitrogens with zero attached hydrogens (tertiary/aromatic N) is 3. The predicted molar refractivity (Wildman–Crippen MR) is 106 cm³/mol. The van der Waals surface area contributed by atoms with Gasteiger partial charge in [0.25, 0.3) is 0 Å². The summed E-state index contributed by atoms with van der Waals surface area (Å²) in [6.07, 6.45) is 5.55. The minimum atomic E-state index is -0.461. The van der Waals surface area contributed by atoms with Crippen molar-refractivity contribution >= 4 is 36.0 Å². The standard InChI is InChI=1S/C18H28BClN4O3/c1-17(2)18(3,4)27-19(26-17)14-10-22-16(23-11-14)21-9-13-6-5-7-24(12-13)15(25)8-20/h10-11,13H,5-9,12H2,1-4H3,(H,21,22,23)/t13-/m1/s1. The number of amides is 1. The van der Waals surface area contributed by atoms with E-state index >= 15 is 0 Å². The summed E-state index contributed by atoms with van der Waals surface area (Å²) in [7, 11) is -0.461. The maximum Gasteiger partial charge on any atom is 0.498 e. The van der Waals surface area contributed by atoms with Gasteiger partial charge in [0.15, 0.2) is 0 Å². The molecule has 2 aliphatic rings. The molecular formula is C18H28BClN4O3. The third-order valence-corrected chi connectivity index (χ3v) is 5.96. The Morgan fingerprint density at radius 1 is 1.30 bits per heavy atom. The molecule has 7 nitrogen and oxygen atoms in total. The molecule has 27 heavy (non-hydrogen) atoms. The fraction of sp³-hybridized carbons (Fsp3) is 0.722. The van der Waals surface area contributed by atoms with E-state index in [1.165, 1.54) is 0 Å². The van der Waals surface area contributed by atoms with Gasteiger partial charge in [-0.25, -0.2) is 9.97 Å². The van der Waals surface area contributed by atoms with Crippen LogP contribution in [0.25, 0.3) is 0 Å². The molecule has 0 spiro atoms. The van der Waals surface area contributed by atoms with E-state index in [0.29, 0.717) is 11.9 Å². The third kappa shape index (κ3) is 4.55. The van der Waals surface area contributed by atoms with Crippen molar-refractivity contribution in [3.63, 3.8) is 0 Å². The molecule has 2 aliphatic heterocycles. The molecular weight excluding hydrogens is 366 g/mol. The van der Waals surface area contributed by atoms with Crippen molar-refractivity contribution < 1.29 is 14.1 Å². The fourth-order valence-corrected chi connectivity index (χ4v) is 3.48. The van der Waals surface area contributed by atoms with Gasteiger partial charge in [0, 0.05) is 37.5 Å². The van der Waals surface area contributed by atoms with Gasteiger partial charge in [0.1, 0.15) is 5.88 Å². The molecule has 1 amide bonds. The Labute approximate surface area is 166 Å². The second-order valence-corrected chi connectivity index (χ2v) is 8.56. The zero-order chi connectivity index (χ0) is 19.7. The summed E-state index contributed by atoms with van der Waals surface area (Å²) in [5.74, 6) is 0.988. The number of hydrogen-bond donors (Lipinski definition) is 1. The highest BCUT2D eigenvalue weighted by atomic mass is 35.5. The molecule has 3 rings (SSSR count). The lowest BCUT2D eigenvalue weighted by atomic mass is 9.81. The normalized spacial score (nSPS) is 24.1. The molecule has 0 saturated carbocycles. The second kappa shape index (κ2) is 7.93. The number of nitrogens with one attached hydrogen (secondary N) is 1. The average Bonchev–Trinajstić information content (AvgIpc) is 2.87. The predicted octanol–water partition coefficient (Wildman–Crippen LogP) is 1.67. The van der Waals surface area contributed by atoms with Crippen LogP contribution in [0.1, 0.15) is 40.5 Å². The van der Waals surface area contributed by atoms with Crippen molar-refractivity contribution in [2.75, 3.05) is 30.8 Å². The Morgan fingerprint density at radius 3 is 2.52 bits per heavy atom. The molecule has 0 aliphatic carbocycles. The van der Waals surface area contributed by atoms with Crippen LogP contribution in [0.5, 0.6) is 0 Å². The largest absolute Gasteiger partial charge is 0.498 e. The van der Waals surface area contributed by atoms with Crippen LogP contribution < -0.4 is 10.8 Å². The molecule has 0 radical (unpaired) electrons. The molecule has 1 atom stereocenters. The highest BCUT2D eigenvalue weighted by Gasteiger charge is 2.51. The molecule has 0 aromatic carbocycles. The van der Waals surface area contributed by atoms with Gasteiger partial charge in [-0.1, -0.05) is 0 Å².